The third kappa shape index (κ3) is 4.35. The van der Waals surface area contributed by atoms with E-state index in [0.29, 0.717) is 5.56 Å². The van der Waals surface area contributed by atoms with E-state index in [1.165, 1.54) is 17.8 Å². The number of phenolic OH excluding ortho intramolecular Hbond substituents is 1. The van der Waals surface area contributed by atoms with Gasteiger partial charge in [0.25, 0.3) is 5.91 Å². The van der Waals surface area contributed by atoms with Crippen molar-refractivity contribution in [2.45, 2.75) is 26.3 Å². The lowest BCUT2D eigenvalue weighted by Gasteiger charge is -2.43. The first-order valence-corrected chi connectivity index (χ1v) is 9.03. The number of piperazine rings is 1. The van der Waals surface area contributed by atoms with Crippen LogP contribution in [0.4, 0.5) is 11.4 Å². The molecular weight excluding hydrogens is 326 g/mol. The maximum absolute atomic E-state index is 12.2. The molecule has 1 fully saturated rings. The SMILES string of the molecule is CC(C)(C)N1CCN(c2ccc(NC(=O)c3ccc(O)cc3)cc2)CC1. The van der Waals surface area contributed by atoms with Gasteiger partial charge in [-0.2, -0.15) is 0 Å². The Morgan fingerprint density at radius 1 is 0.923 bits per heavy atom. The summed E-state index contributed by atoms with van der Waals surface area (Å²) in [6, 6.07) is 14.2. The topological polar surface area (TPSA) is 55.8 Å². The summed E-state index contributed by atoms with van der Waals surface area (Å²) in [5, 5.41) is 12.2. The number of amides is 1. The molecule has 138 valence electrons. The Balaban J connectivity index is 1.59. The number of nitrogens with one attached hydrogen (secondary N) is 1. The molecule has 3 rings (SSSR count). The van der Waals surface area contributed by atoms with Crippen LogP contribution in [0, 0.1) is 0 Å². The molecule has 2 aromatic carbocycles. The average molecular weight is 353 g/mol. The zero-order valence-corrected chi connectivity index (χ0v) is 15.7. The number of rotatable bonds is 3. The molecule has 2 aromatic rings. The Morgan fingerprint density at radius 3 is 2.04 bits per heavy atom. The van der Waals surface area contributed by atoms with Crippen LogP contribution in [0.2, 0.25) is 0 Å². The molecule has 2 N–H and O–H groups in total. The summed E-state index contributed by atoms with van der Waals surface area (Å²) in [5.41, 5.74) is 2.68. The molecule has 0 bridgehead atoms. The number of hydrogen-bond donors (Lipinski definition) is 2. The molecule has 26 heavy (non-hydrogen) atoms. The summed E-state index contributed by atoms with van der Waals surface area (Å²) < 4.78 is 0. The van der Waals surface area contributed by atoms with Crippen molar-refractivity contribution >= 4 is 17.3 Å². The number of aromatic hydroxyl groups is 1. The lowest BCUT2D eigenvalue weighted by atomic mass is 10.0. The van der Waals surface area contributed by atoms with Crippen LogP contribution in [0.15, 0.2) is 48.5 Å². The van der Waals surface area contributed by atoms with Crippen molar-refractivity contribution in [3.63, 3.8) is 0 Å². The highest BCUT2D eigenvalue weighted by molar-refractivity contribution is 6.04. The summed E-state index contributed by atoms with van der Waals surface area (Å²) in [7, 11) is 0. The fourth-order valence-electron chi connectivity index (χ4n) is 3.21. The van der Waals surface area contributed by atoms with Gasteiger partial charge in [0.15, 0.2) is 0 Å². The standard InChI is InChI=1S/C21H27N3O2/c1-21(2,3)24-14-12-23(13-15-24)18-8-6-17(7-9-18)22-20(26)16-4-10-19(25)11-5-16/h4-11,25H,12-15H2,1-3H3,(H,22,26). The number of anilines is 2. The van der Waals surface area contributed by atoms with E-state index in [9.17, 15) is 9.90 Å². The zero-order chi connectivity index (χ0) is 18.7. The van der Waals surface area contributed by atoms with Crippen molar-refractivity contribution in [3.8, 4) is 5.75 Å². The molecule has 1 aliphatic heterocycles. The van der Waals surface area contributed by atoms with Gasteiger partial charge in [0.2, 0.25) is 0 Å². The van der Waals surface area contributed by atoms with E-state index < -0.39 is 0 Å². The Labute approximate surface area is 155 Å². The Morgan fingerprint density at radius 2 is 1.50 bits per heavy atom. The van der Waals surface area contributed by atoms with E-state index in [0.717, 1.165) is 31.9 Å². The van der Waals surface area contributed by atoms with Crippen LogP contribution >= 0.6 is 0 Å². The number of nitrogens with zero attached hydrogens (tertiary/aromatic N) is 2. The molecule has 0 radical (unpaired) electrons. The maximum atomic E-state index is 12.2. The molecule has 1 saturated heterocycles. The van der Waals surface area contributed by atoms with Crippen LogP contribution in [0.5, 0.6) is 5.75 Å². The molecular formula is C21H27N3O2. The second-order valence-electron chi connectivity index (χ2n) is 7.69. The van der Waals surface area contributed by atoms with Crippen molar-refractivity contribution in [3.05, 3.63) is 54.1 Å². The third-order valence-corrected chi connectivity index (χ3v) is 4.85. The zero-order valence-electron chi connectivity index (χ0n) is 15.7. The van der Waals surface area contributed by atoms with Crippen molar-refractivity contribution < 1.29 is 9.90 Å². The molecule has 0 unspecified atom stereocenters. The molecule has 5 heteroatoms. The predicted molar refractivity (Wildman–Crippen MR) is 106 cm³/mol. The van der Waals surface area contributed by atoms with Crippen LogP contribution in [0.3, 0.4) is 0 Å². The summed E-state index contributed by atoms with van der Waals surface area (Å²) in [4.78, 5) is 17.1. The largest absolute Gasteiger partial charge is 0.508 e. The van der Waals surface area contributed by atoms with Gasteiger partial charge in [0.1, 0.15) is 5.75 Å². The second-order valence-corrected chi connectivity index (χ2v) is 7.69. The van der Waals surface area contributed by atoms with E-state index >= 15 is 0 Å². The Kier molecular flexibility index (Phi) is 5.18. The smallest absolute Gasteiger partial charge is 0.255 e. The van der Waals surface area contributed by atoms with Crippen molar-refractivity contribution in [1.29, 1.82) is 0 Å². The van der Waals surface area contributed by atoms with Gasteiger partial charge in [-0.1, -0.05) is 0 Å². The highest BCUT2D eigenvalue weighted by Gasteiger charge is 2.25. The molecule has 1 aliphatic rings. The lowest BCUT2D eigenvalue weighted by molar-refractivity contribution is 0.102. The molecule has 5 nitrogen and oxygen atoms in total. The second kappa shape index (κ2) is 7.38. The van der Waals surface area contributed by atoms with Gasteiger partial charge in [0, 0.05) is 48.7 Å². The Bertz CT molecular complexity index is 740. The molecule has 0 atom stereocenters. The minimum absolute atomic E-state index is 0.150. The van der Waals surface area contributed by atoms with Gasteiger partial charge >= 0.3 is 0 Å². The van der Waals surface area contributed by atoms with Gasteiger partial charge in [-0.15, -0.1) is 0 Å². The van der Waals surface area contributed by atoms with E-state index in [1.807, 2.05) is 12.1 Å². The fourth-order valence-corrected chi connectivity index (χ4v) is 3.21. The lowest BCUT2D eigenvalue weighted by Crippen LogP contribution is -2.53. The van der Waals surface area contributed by atoms with Gasteiger partial charge < -0.3 is 15.3 Å². The van der Waals surface area contributed by atoms with E-state index in [4.69, 9.17) is 0 Å². The normalized spacial score (nSPS) is 15.7. The molecule has 0 saturated carbocycles. The monoisotopic (exact) mass is 353 g/mol. The average Bonchev–Trinajstić information content (AvgIpc) is 2.62. The molecule has 0 aromatic heterocycles. The minimum atomic E-state index is -0.184. The molecule has 1 heterocycles. The van der Waals surface area contributed by atoms with Crippen molar-refractivity contribution in [2.24, 2.45) is 0 Å². The number of carbonyl (C=O) groups is 1. The van der Waals surface area contributed by atoms with Crippen LogP contribution in [-0.4, -0.2) is 47.6 Å². The quantitative estimate of drug-likeness (QED) is 0.886. The van der Waals surface area contributed by atoms with Crippen molar-refractivity contribution in [1.82, 2.24) is 4.90 Å². The first-order valence-electron chi connectivity index (χ1n) is 9.03. The number of benzene rings is 2. The summed E-state index contributed by atoms with van der Waals surface area (Å²) in [6.45, 7) is 10.9. The van der Waals surface area contributed by atoms with Crippen LogP contribution in [-0.2, 0) is 0 Å². The highest BCUT2D eigenvalue weighted by atomic mass is 16.3. The van der Waals surface area contributed by atoms with Gasteiger partial charge in [-0.25, -0.2) is 0 Å². The minimum Gasteiger partial charge on any atom is -0.508 e. The molecule has 1 amide bonds. The summed E-state index contributed by atoms with van der Waals surface area (Å²) in [5.74, 6) is -0.0333. The van der Waals surface area contributed by atoms with Gasteiger partial charge in [0.05, 0.1) is 0 Å². The number of hydrogen-bond acceptors (Lipinski definition) is 4. The third-order valence-electron chi connectivity index (χ3n) is 4.85. The fraction of sp³-hybridized carbons (Fsp3) is 0.381. The van der Waals surface area contributed by atoms with E-state index in [2.05, 4.69) is 48.0 Å². The maximum Gasteiger partial charge on any atom is 0.255 e. The highest BCUT2D eigenvalue weighted by Crippen LogP contribution is 2.22. The Hall–Kier alpha value is -2.53. The first-order chi connectivity index (χ1) is 12.3. The number of carbonyl (C=O) groups excluding carboxylic acids is 1. The van der Waals surface area contributed by atoms with Crippen LogP contribution < -0.4 is 10.2 Å². The van der Waals surface area contributed by atoms with Crippen molar-refractivity contribution in [2.75, 3.05) is 36.4 Å². The van der Waals surface area contributed by atoms with Gasteiger partial charge in [-0.3, -0.25) is 9.69 Å². The van der Waals surface area contributed by atoms with Crippen LogP contribution in [0.25, 0.3) is 0 Å². The summed E-state index contributed by atoms with van der Waals surface area (Å²) in [6.07, 6.45) is 0. The van der Waals surface area contributed by atoms with Gasteiger partial charge in [-0.05, 0) is 69.3 Å². The molecule has 0 spiro atoms. The molecule has 0 aliphatic carbocycles. The first kappa shape index (κ1) is 18.3. The van der Waals surface area contributed by atoms with Crippen LogP contribution in [0.1, 0.15) is 31.1 Å². The number of phenols is 1. The predicted octanol–water partition coefficient (Wildman–Crippen LogP) is 3.57. The van der Waals surface area contributed by atoms with E-state index in [-0.39, 0.29) is 17.2 Å². The van der Waals surface area contributed by atoms with E-state index in [1.54, 1.807) is 12.1 Å². The summed E-state index contributed by atoms with van der Waals surface area (Å²) >= 11 is 0.